The van der Waals surface area contributed by atoms with E-state index in [2.05, 4.69) is 9.72 Å². The van der Waals surface area contributed by atoms with Crippen LogP contribution in [0.5, 0.6) is 5.75 Å². The summed E-state index contributed by atoms with van der Waals surface area (Å²) in [5.41, 5.74) is 1.88. The van der Waals surface area contributed by atoms with Crippen molar-refractivity contribution in [3.05, 3.63) is 58.9 Å². The molecule has 1 heterocycles. The van der Waals surface area contributed by atoms with Gasteiger partial charge in [-0.1, -0.05) is 18.2 Å². The van der Waals surface area contributed by atoms with Gasteiger partial charge in [0.15, 0.2) is 0 Å². The van der Waals surface area contributed by atoms with Gasteiger partial charge in [0.2, 0.25) is 0 Å². The molecular weight excluding hydrogens is 283 g/mol. The van der Waals surface area contributed by atoms with Crippen LogP contribution in [0.25, 0.3) is 0 Å². The SMILES string of the molecule is Cc1cc(C(O)c2ccccc2OC(F)(F)F)cc(C)n1. The first-order valence-corrected chi connectivity index (χ1v) is 6.24. The minimum Gasteiger partial charge on any atom is -0.405 e. The predicted octanol–water partition coefficient (Wildman–Crippen LogP) is 3.68. The summed E-state index contributed by atoms with van der Waals surface area (Å²) in [5, 5.41) is 10.3. The van der Waals surface area contributed by atoms with Crippen LogP contribution >= 0.6 is 0 Å². The molecule has 0 amide bonds. The summed E-state index contributed by atoms with van der Waals surface area (Å²) in [6, 6.07) is 8.79. The van der Waals surface area contributed by atoms with Crippen LogP contribution in [0.1, 0.15) is 28.6 Å². The Bertz CT molecular complexity index is 621. The Morgan fingerprint density at radius 2 is 1.67 bits per heavy atom. The number of halogens is 3. The van der Waals surface area contributed by atoms with E-state index < -0.39 is 18.2 Å². The molecule has 0 bridgehead atoms. The van der Waals surface area contributed by atoms with E-state index in [1.807, 2.05) is 0 Å². The zero-order chi connectivity index (χ0) is 15.6. The Kier molecular flexibility index (Phi) is 4.18. The molecule has 2 aromatic rings. The number of para-hydroxylation sites is 1. The zero-order valence-electron chi connectivity index (χ0n) is 11.5. The van der Waals surface area contributed by atoms with Gasteiger partial charge < -0.3 is 9.84 Å². The van der Waals surface area contributed by atoms with Gasteiger partial charge in [-0.3, -0.25) is 4.98 Å². The summed E-state index contributed by atoms with van der Waals surface area (Å²) < 4.78 is 41.2. The summed E-state index contributed by atoms with van der Waals surface area (Å²) in [7, 11) is 0. The van der Waals surface area contributed by atoms with Gasteiger partial charge in [-0.2, -0.15) is 0 Å². The molecule has 1 aromatic carbocycles. The third kappa shape index (κ3) is 3.95. The van der Waals surface area contributed by atoms with Gasteiger partial charge in [0.05, 0.1) is 0 Å². The van der Waals surface area contributed by atoms with Gasteiger partial charge in [-0.25, -0.2) is 0 Å². The molecule has 6 heteroatoms. The highest BCUT2D eigenvalue weighted by atomic mass is 19.4. The lowest BCUT2D eigenvalue weighted by atomic mass is 10.00. The Hall–Kier alpha value is -2.08. The van der Waals surface area contributed by atoms with Crippen molar-refractivity contribution >= 4 is 0 Å². The van der Waals surface area contributed by atoms with Crippen molar-refractivity contribution < 1.29 is 23.0 Å². The molecule has 1 atom stereocenters. The van der Waals surface area contributed by atoms with E-state index in [9.17, 15) is 18.3 Å². The van der Waals surface area contributed by atoms with Crippen molar-refractivity contribution in [1.29, 1.82) is 0 Å². The fourth-order valence-corrected chi connectivity index (χ4v) is 2.13. The number of rotatable bonds is 3. The highest BCUT2D eigenvalue weighted by molar-refractivity contribution is 5.41. The standard InChI is InChI=1S/C15H14F3NO2/c1-9-7-11(8-10(2)19-9)14(20)12-5-3-4-6-13(12)21-15(16,17)18/h3-8,14,20H,1-2H3. The molecule has 21 heavy (non-hydrogen) atoms. The molecule has 0 radical (unpaired) electrons. The van der Waals surface area contributed by atoms with E-state index in [0.29, 0.717) is 17.0 Å². The molecule has 0 saturated carbocycles. The lowest BCUT2D eigenvalue weighted by Crippen LogP contribution is -2.19. The average Bonchev–Trinajstić information content (AvgIpc) is 2.35. The van der Waals surface area contributed by atoms with E-state index in [1.165, 1.54) is 18.2 Å². The van der Waals surface area contributed by atoms with Crippen LogP contribution < -0.4 is 4.74 Å². The number of hydrogen-bond donors (Lipinski definition) is 1. The Labute approximate surface area is 120 Å². The van der Waals surface area contributed by atoms with Crippen molar-refractivity contribution in [1.82, 2.24) is 4.98 Å². The lowest BCUT2D eigenvalue weighted by Gasteiger charge is -2.18. The number of ether oxygens (including phenoxy) is 1. The first-order chi connectivity index (χ1) is 9.76. The monoisotopic (exact) mass is 297 g/mol. The number of aryl methyl sites for hydroxylation is 2. The lowest BCUT2D eigenvalue weighted by molar-refractivity contribution is -0.275. The van der Waals surface area contributed by atoms with Crippen LogP contribution in [0.15, 0.2) is 36.4 Å². The second-order valence-corrected chi connectivity index (χ2v) is 4.67. The maximum absolute atomic E-state index is 12.4. The van der Waals surface area contributed by atoms with Crippen LogP contribution in [0, 0.1) is 13.8 Å². The van der Waals surface area contributed by atoms with Crippen LogP contribution in [0.4, 0.5) is 13.2 Å². The first kappa shape index (κ1) is 15.3. The van der Waals surface area contributed by atoms with E-state index in [1.54, 1.807) is 32.0 Å². The molecule has 112 valence electrons. The fourth-order valence-electron chi connectivity index (χ4n) is 2.13. The molecule has 0 fully saturated rings. The first-order valence-electron chi connectivity index (χ1n) is 6.24. The predicted molar refractivity (Wildman–Crippen MR) is 70.9 cm³/mol. The molecule has 3 nitrogen and oxygen atoms in total. The fraction of sp³-hybridized carbons (Fsp3) is 0.267. The maximum Gasteiger partial charge on any atom is 0.573 e. The molecule has 1 unspecified atom stereocenters. The number of aromatic nitrogens is 1. The van der Waals surface area contributed by atoms with Gasteiger partial charge in [0.25, 0.3) is 0 Å². The second-order valence-electron chi connectivity index (χ2n) is 4.67. The number of benzene rings is 1. The number of hydrogen-bond acceptors (Lipinski definition) is 3. The maximum atomic E-state index is 12.4. The third-order valence-electron chi connectivity index (χ3n) is 2.86. The largest absolute Gasteiger partial charge is 0.573 e. The summed E-state index contributed by atoms with van der Waals surface area (Å²) in [6.07, 6.45) is -6.02. The number of pyridine rings is 1. The van der Waals surface area contributed by atoms with Crippen LogP contribution in [-0.2, 0) is 0 Å². The van der Waals surface area contributed by atoms with E-state index in [0.717, 1.165) is 0 Å². The topological polar surface area (TPSA) is 42.4 Å². The number of nitrogens with zero attached hydrogens (tertiary/aromatic N) is 1. The molecule has 2 rings (SSSR count). The van der Waals surface area contributed by atoms with E-state index in [-0.39, 0.29) is 5.56 Å². The van der Waals surface area contributed by atoms with Gasteiger partial charge >= 0.3 is 6.36 Å². The molecule has 1 N–H and O–H groups in total. The quantitative estimate of drug-likeness (QED) is 0.939. The molecule has 0 aliphatic heterocycles. The van der Waals surface area contributed by atoms with Gasteiger partial charge in [0.1, 0.15) is 11.9 Å². The third-order valence-corrected chi connectivity index (χ3v) is 2.86. The summed E-state index contributed by atoms with van der Waals surface area (Å²) in [5.74, 6) is -0.412. The smallest absolute Gasteiger partial charge is 0.405 e. The van der Waals surface area contributed by atoms with E-state index in [4.69, 9.17) is 0 Å². The van der Waals surface area contributed by atoms with Crippen LogP contribution in [0.3, 0.4) is 0 Å². The summed E-state index contributed by atoms with van der Waals surface area (Å²) in [6.45, 7) is 3.50. The number of alkyl halides is 3. The van der Waals surface area contributed by atoms with Crippen LogP contribution in [0.2, 0.25) is 0 Å². The molecule has 1 aromatic heterocycles. The summed E-state index contributed by atoms with van der Waals surface area (Å²) >= 11 is 0. The summed E-state index contributed by atoms with van der Waals surface area (Å²) in [4.78, 5) is 4.17. The normalized spacial score (nSPS) is 13.0. The number of aliphatic hydroxyl groups is 1. The molecule has 0 aliphatic rings. The number of aliphatic hydroxyl groups excluding tert-OH is 1. The molecule has 0 aliphatic carbocycles. The van der Waals surface area contributed by atoms with Crippen molar-refractivity contribution in [2.24, 2.45) is 0 Å². The van der Waals surface area contributed by atoms with E-state index >= 15 is 0 Å². The second kappa shape index (κ2) is 5.73. The highest BCUT2D eigenvalue weighted by Crippen LogP contribution is 2.33. The minimum atomic E-state index is -4.81. The Morgan fingerprint density at radius 3 is 2.24 bits per heavy atom. The van der Waals surface area contributed by atoms with Gasteiger partial charge in [-0.05, 0) is 37.6 Å². The van der Waals surface area contributed by atoms with Crippen molar-refractivity contribution in [2.75, 3.05) is 0 Å². The minimum absolute atomic E-state index is 0.0554. The molecule has 0 saturated heterocycles. The molecular formula is C15H14F3NO2. The van der Waals surface area contributed by atoms with Crippen molar-refractivity contribution in [3.63, 3.8) is 0 Å². The Balaban J connectivity index is 2.41. The average molecular weight is 297 g/mol. The molecule has 0 spiro atoms. The van der Waals surface area contributed by atoms with Crippen LogP contribution in [-0.4, -0.2) is 16.5 Å². The Morgan fingerprint density at radius 1 is 1.10 bits per heavy atom. The van der Waals surface area contributed by atoms with Crippen molar-refractivity contribution in [2.45, 2.75) is 26.3 Å². The van der Waals surface area contributed by atoms with Crippen molar-refractivity contribution in [3.8, 4) is 5.75 Å². The highest BCUT2D eigenvalue weighted by Gasteiger charge is 2.33. The van der Waals surface area contributed by atoms with Gasteiger partial charge in [-0.15, -0.1) is 13.2 Å². The van der Waals surface area contributed by atoms with Gasteiger partial charge in [0, 0.05) is 17.0 Å². The zero-order valence-corrected chi connectivity index (χ0v) is 11.5.